The molecule has 1 aromatic carbocycles. The van der Waals surface area contributed by atoms with Gasteiger partial charge in [0.05, 0.1) is 17.1 Å². The van der Waals surface area contributed by atoms with Gasteiger partial charge >= 0.3 is 0 Å². The molecule has 0 aliphatic carbocycles. The molecule has 4 unspecified atom stereocenters. The minimum absolute atomic E-state index is 0.0423. The van der Waals surface area contributed by atoms with Gasteiger partial charge in [0, 0.05) is 43.9 Å². The normalized spacial score (nSPS) is 29.8. The van der Waals surface area contributed by atoms with Gasteiger partial charge in [0.15, 0.2) is 0 Å². The van der Waals surface area contributed by atoms with Crippen molar-refractivity contribution < 1.29 is 4.79 Å². The first-order valence-corrected chi connectivity index (χ1v) is 10.6. The Morgan fingerprint density at radius 2 is 2.11 bits per heavy atom. The summed E-state index contributed by atoms with van der Waals surface area (Å²) in [6.45, 7) is 2.55. The van der Waals surface area contributed by atoms with Crippen molar-refractivity contribution in [3.05, 3.63) is 41.4 Å². The van der Waals surface area contributed by atoms with Crippen LogP contribution in [0.25, 0.3) is 0 Å². The van der Waals surface area contributed by atoms with Crippen LogP contribution in [0.4, 0.5) is 5.69 Å². The molecule has 10 heteroatoms. The molecular weight excluding hydrogens is 376 g/mol. The summed E-state index contributed by atoms with van der Waals surface area (Å²) in [6.07, 6.45) is 2.05. The third-order valence-corrected chi connectivity index (χ3v) is 6.02. The number of hydrogen-bond donors (Lipinski definition) is 7. The van der Waals surface area contributed by atoms with Crippen molar-refractivity contribution in [1.82, 2.24) is 31.5 Å². The Morgan fingerprint density at radius 1 is 1.25 bits per heavy atom. The van der Waals surface area contributed by atoms with Crippen LogP contribution in [0.2, 0.25) is 0 Å². The van der Waals surface area contributed by atoms with Gasteiger partial charge in [-0.05, 0) is 12.1 Å². The van der Waals surface area contributed by atoms with Crippen LogP contribution < -0.4 is 37.6 Å². The zero-order chi connectivity index (χ0) is 19.3. The lowest BCUT2D eigenvalue weighted by Crippen LogP contribution is -2.74. The van der Waals surface area contributed by atoms with E-state index in [0.717, 1.165) is 29.6 Å². The van der Waals surface area contributed by atoms with Gasteiger partial charge in [-0.15, -0.1) is 11.8 Å². The highest BCUT2D eigenvalue weighted by Crippen LogP contribution is 2.25. The van der Waals surface area contributed by atoms with Crippen molar-refractivity contribution in [2.45, 2.75) is 24.7 Å². The average Bonchev–Trinajstić information content (AvgIpc) is 3.21. The SMILES string of the molecule is NCCNC(=O)C1=CN(C2NC(Nc3ccccc3)NC3NCNC32)CCS1. The fraction of sp³-hybridized carbons (Fsp3) is 0.500. The monoisotopic (exact) mass is 404 g/mol. The number of nitrogens with zero attached hydrogens (tertiary/aromatic N) is 1. The molecule has 3 aliphatic heterocycles. The molecule has 2 fully saturated rings. The van der Waals surface area contributed by atoms with Crippen LogP contribution in [0.3, 0.4) is 0 Å². The van der Waals surface area contributed by atoms with E-state index in [9.17, 15) is 4.79 Å². The maximum Gasteiger partial charge on any atom is 0.259 e. The van der Waals surface area contributed by atoms with Crippen LogP contribution in [0.15, 0.2) is 41.4 Å². The highest BCUT2D eigenvalue weighted by atomic mass is 32.2. The van der Waals surface area contributed by atoms with Gasteiger partial charge in [-0.3, -0.25) is 26.1 Å². The van der Waals surface area contributed by atoms with Gasteiger partial charge in [0.1, 0.15) is 12.5 Å². The number of para-hydroxylation sites is 1. The lowest BCUT2D eigenvalue weighted by molar-refractivity contribution is -0.116. The molecule has 0 bridgehead atoms. The molecule has 0 aromatic heterocycles. The molecule has 3 aliphatic rings. The Kier molecular flexibility index (Phi) is 6.35. The van der Waals surface area contributed by atoms with Crippen LogP contribution in [0.5, 0.6) is 0 Å². The van der Waals surface area contributed by atoms with Crippen LogP contribution >= 0.6 is 11.8 Å². The summed E-state index contributed by atoms with van der Waals surface area (Å²) in [4.78, 5) is 15.3. The van der Waals surface area contributed by atoms with Crippen molar-refractivity contribution in [2.75, 3.05) is 37.4 Å². The van der Waals surface area contributed by atoms with Gasteiger partial charge in [-0.1, -0.05) is 18.2 Å². The largest absolute Gasteiger partial charge is 0.358 e. The van der Waals surface area contributed by atoms with E-state index in [0.29, 0.717) is 13.1 Å². The van der Waals surface area contributed by atoms with Crippen molar-refractivity contribution in [1.29, 1.82) is 0 Å². The third-order valence-electron chi connectivity index (χ3n) is 5.03. The van der Waals surface area contributed by atoms with E-state index in [-0.39, 0.29) is 30.6 Å². The molecule has 0 spiro atoms. The van der Waals surface area contributed by atoms with Crippen LogP contribution in [0.1, 0.15) is 0 Å². The predicted molar refractivity (Wildman–Crippen MR) is 112 cm³/mol. The third kappa shape index (κ3) is 4.43. The summed E-state index contributed by atoms with van der Waals surface area (Å²) in [5.41, 5.74) is 6.54. The number of hydrogen-bond acceptors (Lipinski definition) is 9. The molecule has 1 amide bonds. The standard InChI is InChI=1S/C18H28N8OS/c19-6-7-20-17(27)13-10-26(8-9-28-13)16-14-15(22-11-21-14)24-18(25-16)23-12-4-2-1-3-5-12/h1-5,10,14-16,18,21-25H,6-9,11,19H2,(H,20,27). The second kappa shape index (κ2) is 9.12. The Hall–Kier alpha value is -1.82. The van der Waals surface area contributed by atoms with E-state index in [1.807, 2.05) is 36.5 Å². The summed E-state index contributed by atoms with van der Waals surface area (Å²) in [7, 11) is 0. The van der Waals surface area contributed by atoms with E-state index < -0.39 is 0 Å². The Morgan fingerprint density at radius 3 is 2.93 bits per heavy atom. The number of carbonyl (C=O) groups excluding carboxylic acids is 1. The number of carbonyl (C=O) groups is 1. The molecule has 2 saturated heterocycles. The van der Waals surface area contributed by atoms with Gasteiger partial charge in [0.2, 0.25) is 0 Å². The Bertz CT molecular complexity index is 702. The molecule has 8 N–H and O–H groups in total. The van der Waals surface area contributed by atoms with E-state index in [2.05, 4.69) is 36.8 Å². The highest BCUT2D eigenvalue weighted by molar-refractivity contribution is 8.04. The van der Waals surface area contributed by atoms with Gasteiger partial charge in [-0.2, -0.15) is 0 Å². The minimum Gasteiger partial charge on any atom is -0.358 e. The van der Waals surface area contributed by atoms with Gasteiger partial charge < -0.3 is 21.3 Å². The fourth-order valence-electron chi connectivity index (χ4n) is 3.71. The first kappa shape index (κ1) is 19.5. The first-order chi connectivity index (χ1) is 13.7. The van der Waals surface area contributed by atoms with Crippen LogP contribution in [0, 0.1) is 0 Å². The topological polar surface area (TPSA) is 119 Å². The Labute approximate surface area is 169 Å². The quantitative estimate of drug-likeness (QED) is 0.311. The summed E-state index contributed by atoms with van der Waals surface area (Å²) in [5.74, 6) is 0.817. The summed E-state index contributed by atoms with van der Waals surface area (Å²) >= 11 is 1.59. The summed E-state index contributed by atoms with van der Waals surface area (Å²) in [5, 5.41) is 20.5. The maximum atomic E-state index is 12.4. The zero-order valence-corrected chi connectivity index (χ0v) is 16.5. The molecule has 4 rings (SSSR count). The molecule has 0 saturated carbocycles. The van der Waals surface area contributed by atoms with Crippen molar-refractivity contribution in [2.24, 2.45) is 5.73 Å². The van der Waals surface area contributed by atoms with Gasteiger partial charge in [0.25, 0.3) is 5.91 Å². The van der Waals surface area contributed by atoms with Crippen LogP contribution in [-0.4, -0.2) is 67.5 Å². The number of nitrogens with one attached hydrogen (secondary N) is 6. The predicted octanol–water partition coefficient (Wildman–Crippen LogP) is -1.29. The number of benzene rings is 1. The summed E-state index contributed by atoms with van der Waals surface area (Å²) in [6, 6.07) is 10.3. The number of thioether (sulfide) groups is 1. The molecule has 152 valence electrons. The molecule has 28 heavy (non-hydrogen) atoms. The molecule has 0 radical (unpaired) electrons. The van der Waals surface area contributed by atoms with Crippen LogP contribution in [-0.2, 0) is 4.79 Å². The molecule has 9 nitrogen and oxygen atoms in total. The second-order valence-electron chi connectivity index (χ2n) is 6.93. The Balaban J connectivity index is 1.48. The number of amides is 1. The summed E-state index contributed by atoms with van der Waals surface area (Å²) < 4.78 is 0. The number of anilines is 1. The molecule has 1 aromatic rings. The lowest BCUT2D eigenvalue weighted by Gasteiger charge is -2.46. The van der Waals surface area contributed by atoms with E-state index >= 15 is 0 Å². The highest BCUT2D eigenvalue weighted by Gasteiger charge is 2.42. The number of rotatable bonds is 6. The molecular formula is C18H28N8OS. The van der Waals surface area contributed by atoms with Gasteiger partial charge in [-0.25, -0.2) is 0 Å². The number of fused-ring (bicyclic) bond motifs is 1. The second-order valence-corrected chi connectivity index (χ2v) is 8.07. The molecule has 4 atom stereocenters. The fourth-order valence-corrected chi connectivity index (χ4v) is 4.64. The lowest BCUT2D eigenvalue weighted by atomic mass is 10.1. The van der Waals surface area contributed by atoms with E-state index in [1.54, 1.807) is 11.8 Å². The minimum atomic E-state index is -0.0986. The smallest absolute Gasteiger partial charge is 0.259 e. The van der Waals surface area contributed by atoms with E-state index in [1.165, 1.54) is 0 Å². The molecule has 3 heterocycles. The maximum absolute atomic E-state index is 12.4. The zero-order valence-electron chi connectivity index (χ0n) is 15.7. The number of nitrogens with two attached hydrogens (primary N) is 1. The van der Waals surface area contributed by atoms with E-state index in [4.69, 9.17) is 5.73 Å². The van der Waals surface area contributed by atoms with Crippen molar-refractivity contribution in [3.63, 3.8) is 0 Å². The first-order valence-electron chi connectivity index (χ1n) is 9.64. The van der Waals surface area contributed by atoms with Crippen molar-refractivity contribution in [3.8, 4) is 0 Å². The van der Waals surface area contributed by atoms with Crippen molar-refractivity contribution >= 4 is 23.4 Å². The average molecular weight is 405 g/mol.